The fraction of sp³-hybridized carbons (Fsp3) is 0.625. The molecular weight excluding hydrogens is 239 g/mol. The van der Waals surface area contributed by atoms with Crippen LogP contribution >= 0.6 is 0 Å². The molecule has 1 aromatic rings. The first-order valence-corrected chi connectivity index (χ1v) is 7.36. The van der Waals surface area contributed by atoms with Gasteiger partial charge in [0.25, 0.3) is 0 Å². The van der Waals surface area contributed by atoms with E-state index in [2.05, 4.69) is 25.7 Å². The lowest BCUT2D eigenvalue weighted by Crippen LogP contribution is -2.54. The van der Waals surface area contributed by atoms with Crippen LogP contribution in [0.15, 0.2) is 24.3 Å². The molecule has 0 saturated carbocycles. The van der Waals surface area contributed by atoms with E-state index in [-0.39, 0.29) is 11.4 Å². The third kappa shape index (κ3) is 3.69. The Balaban J connectivity index is 3.08. The van der Waals surface area contributed by atoms with E-state index < -0.39 is 0 Å². The van der Waals surface area contributed by atoms with E-state index in [0.717, 1.165) is 37.9 Å². The number of hydrogen-bond donors (Lipinski definition) is 1. The monoisotopic (exact) mass is 266 g/mol. The molecule has 0 saturated heterocycles. The van der Waals surface area contributed by atoms with Crippen molar-refractivity contribution in [3.8, 4) is 0 Å². The van der Waals surface area contributed by atoms with Gasteiger partial charge in [0.1, 0.15) is 5.82 Å². The maximum absolute atomic E-state index is 13.5. The number of likely N-dealkylation sites (N-methyl/N-ethyl adjacent to an activating group) is 1. The van der Waals surface area contributed by atoms with Gasteiger partial charge in [-0.25, -0.2) is 4.39 Å². The molecule has 0 heterocycles. The van der Waals surface area contributed by atoms with Crippen LogP contribution in [-0.2, 0) is 0 Å². The van der Waals surface area contributed by atoms with Crippen LogP contribution in [0.2, 0.25) is 0 Å². The van der Waals surface area contributed by atoms with Gasteiger partial charge in [-0.15, -0.1) is 0 Å². The Labute approximate surface area is 116 Å². The van der Waals surface area contributed by atoms with Gasteiger partial charge in [0, 0.05) is 18.8 Å². The highest BCUT2D eigenvalue weighted by molar-refractivity contribution is 5.49. The van der Waals surface area contributed by atoms with Gasteiger partial charge in [0.2, 0.25) is 0 Å². The first-order valence-electron chi connectivity index (χ1n) is 7.36. The van der Waals surface area contributed by atoms with Gasteiger partial charge < -0.3 is 10.6 Å². The quantitative estimate of drug-likeness (QED) is 0.772. The van der Waals surface area contributed by atoms with Crippen molar-refractivity contribution in [2.45, 2.75) is 52.0 Å². The number of benzene rings is 1. The molecule has 2 N–H and O–H groups in total. The first-order chi connectivity index (χ1) is 9.13. The lowest BCUT2D eigenvalue weighted by atomic mass is 9.87. The smallest absolute Gasteiger partial charge is 0.125 e. The molecule has 1 rings (SSSR count). The Morgan fingerprint density at radius 3 is 2.47 bits per heavy atom. The zero-order valence-electron chi connectivity index (χ0n) is 12.5. The maximum atomic E-state index is 13.5. The second kappa shape index (κ2) is 7.49. The molecule has 0 amide bonds. The molecule has 0 fully saturated rings. The summed E-state index contributed by atoms with van der Waals surface area (Å²) >= 11 is 0. The molecule has 0 aliphatic rings. The van der Waals surface area contributed by atoms with Gasteiger partial charge in [0.05, 0.1) is 5.54 Å². The lowest BCUT2D eigenvalue weighted by molar-refractivity contribution is 0.347. The van der Waals surface area contributed by atoms with E-state index in [0.29, 0.717) is 6.54 Å². The molecule has 1 atom stereocenters. The Hall–Kier alpha value is -1.09. The predicted molar refractivity (Wildman–Crippen MR) is 81.0 cm³/mol. The molecule has 0 aliphatic heterocycles. The average molecular weight is 266 g/mol. The Morgan fingerprint density at radius 1 is 1.26 bits per heavy atom. The summed E-state index contributed by atoms with van der Waals surface area (Å²) in [5.41, 5.74) is 6.95. The topological polar surface area (TPSA) is 29.3 Å². The van der Waals surface area contributed by atoms with E-state index in [9.17, 15) is 4.39 Å². The molecule has 3 heteroatoms. The second-order valence-corrected chi connectivity index (χ2v) is 5.11. The SMILES string of the molecule is CCCCC(CC)(CN)N(CC)c1cccc(F)c1. The molecule has 2 nitrogen and oxygen atoms in total. The fourth-order valence-electron chi connectivity index (χ4n) is 2.80. The molecule has 19 heavy (non-hydrogen) atoms. The van der Waals surface area contributed by atoms with E-state index in [1.54, 1.807) is 12.1 Å². The van der Waals surface area contributed by atoms with Gasteiger partial charge in [-0.2, -0.15) is 0 Å². The summed E-state index contributed by atoms with van der Waals surface area (Å²) in [5, 5.41) is 0. The van der Waals surface area contributed by atoms with Gasteiger partial charge in [-0.1, -0.05) is 32.8 Å². The van der Waals surface area contributed by atoms with Crippen LogP contribution in [0, 0.1) is 5.82 Å². The van der Waals surface area contributed by atoms with Crippen LogP contribution in [0.1, 0.15) is 46.5 Å². The molecule has 0 aliphatic carbocycles. The zero-order chi connectivity index (χ0) is 14.3. The van der Waals surface area contributed by atoms with Crippen LogP contribution in [0.5, 0.6) is 0 Å². The number of halogens is 1. The number of unbranched alkanes of at least 4 members (excludes halogenated alkanes) is 1. The van der Waals surface area contributed by atoms with Crippen LogP contribution in [0.25, 0.3) is 0 Å². The highest BCUT2D eigenvalue weighted by atomic mass is 19.1. The summed E-state index contributed by atoms with van der Waals surface area (Å²) in [7, 11) is 0. The largest absolute Gasteiger partial charge is 0.365 e. The van der Waals surface area contributed by atoms with Crippen molar-refractivity contribution in [2.75, 3.05) is 18.0 Å². The normalized spacial score (nSPS) is 14.2. The van der Waals surface area contributed by atoms with Crippen molar-refractivity contribution < 1.29 is 4.39 Å². The van der Waals surface area contributed by atoms with Crippen LogP contribution in [-0.4, -0.2) is 18.6 Å². The molecule has 0 bridgehead atoms. The summed E-state index contributed by atoms with van der Waals surface area (Å²) in [5.74, 6) is -0.187. The van der Waals surface area contributed by atoms with E-state index >= 15 is 0 Å². The van der Waals surface area contributed by atoms with E-state index in [4.69, 9.17) is 5.73 Å². The molecular formula is C16H27FN2. The minimum atomic E-state index is -0.187. The number of hydrogen-bond acceptors (Lipinski definition) is 2. The minimum Gasteiger partial charge on any atom is -0.365 e. The van der Waals surface area contributed by atoms with E-state index in [1.807, 2.05) is 6.07 Å². The van der Waals surface area contributed by atoms with E-state index in [1.165, 1.54) is 6.07 Å². The molecule has 1 aromatic carbocycles. The number of anilines is 1. The number of nitrogens with two attached hydrogens (primary N) is 1. The Bertz CT molecular complexity index is 375. The van der Waals surface area contributed by atoms with Crippen LogP contribution < -0.4 is 10.6 Å². The van der Waals surface area contributed by atoms with Gasteiger partial charge in [-0.05, 0) is 38.0 Å². The van der Waals surface area contributed by atoms with Crippen molar-refractivity contribution >= 4 is 5.69 Å². The molecule has 108 valence electrons. The van der Waals surface area contributed by atoms with Crippen LogP contribution in [0.4, 0.5) is 10.1 Å². The summed E-state index contributed by atoms with van der Waals surface area (Å²) in [6, 6.07) is 6.83. The van der Waals surface area contributed by atoms with Crippen molar-refractivity contribution in [2.24, 2.45) is 5.73 Å². The lowest BCUT2D eigenvalue weighted by Gasteiger charge is -2.44. The molecule has 0 aromatic heterocycles. The average Bonchev–Trinajstić information content (AvgIpc) is 2.43. The highest BCUT2D eigenvalue weighted by Crippen LogP contribution is 2.31. The van der Waals surface area contributed by atoms with Crippen molar-refractivity contribution in [3.05, 3.63) is 30.1 Å². The fourth-order valence-corrected chi connectivity index (χ4v) is 2.80. The third-order valence-corrected chi connectivity index (χ3v) is 4.04. The second-order valence-electron chi connectivity index (χ2n) is 5.11. The van der Waals surface area contributed by atoms with Gasteiger partial charge >= 0.3 is 0 Å². The third-order valence-electron chi connectivity index (χ3n) is 4.04. The standard InChI is InChI=1S/C16H27FN2/c1-4-7-11-16(5-2,13-18)19(6-3)15-10-8-9-14(17)12-15/h8-10,12H,4-7,11,13,18H2,1-3H3. The number of nitrogens with zero attached hydrogens (tertiary/aromatic N) is 1. The maximum Gasteiger partial charge on any atom is 0.125 e. The van der Waals surface area contributed by atoms with Crippen molar-refractivity contribution in [3.63, 3.8) is 0 Å². The van der Waals surface area contributed by atoms with Crippen molar-refractivity contribution in [1.82, 2.24) is 0 Å². The highest BCUT2D eigenvalue weighted by Gasteiger charge is 2.32. The molecule has 1 unspecified atom stereocenters. The van der Waals surface area contributed by atoms with Crippen LogP contribution in [0.3, 0.4) is 0 Å². The predicted octanol–water partition coefficient (Wildman–Crippen LogP) is 3.95. The summed E-state index contributed by atoms with van der Waals surface area (Å²) in [6.07, 6.45) is 4.34. The zero-order valence-corrected chi connectivity index (χ0v) is 12.5. The first kappa shape index (κ1) is 16.0. The molecule has 0 radical (unpaired) electrons. The minimum absolute atomic E-state index is 0.0570. The summed E-state index contributed by atoms with van der Waals surface area (Å²) in [4.78, 5) is 2.27. The van der Waals surface area contributed by atoms with Crippen molar-refractivity contribution in [1.29, 1.82) is 0 Å². The number of rotatable bonds is 8. The van der Waals surface area contributed by atoms with Gasteiger partial charge in [0.15, 0.2) is 0 Å². The summed E-state index contributed by atoms with van der Waals surface area (Å²) in [6.45, 7) is 7.92. The Kier molecular flexibility index (Phi) is 6.29. The Morgan fingerprint density at radius 2 is 2.00 bits per heavy atom. The summed E-state index contributed by atoms with van der Waals surface area (Å²) < 4.78 is 13.5. The van der Waals surface area contributed by atoms with Gasteiger partial charge in [-0.3, -0.25) is 0 Å². The molecule has 0 spiro atoms.